The van der Waals surface area contributed by atoms with Crippen LogP contribution in [0.1, 0.15) is 11.6 Å². The van der Waals surface area contributed by atoms with Gasteiger partial charge in [0, 0.05) is 54.1 Å². The quantitative estimate of drug-likeness (QED) is 0.395. The van der Waals surface area contributed by atoms with Crippen LogP contribution in [0.5, 0.6) is 0 Å². The first-order valence-electron chi connectivity index (χ1n) is 7.47. The Labute approximate surface area is 139 Å². The SMILES string of the molecule is CN(CCc1nnnn1C)/N=C\C=N\N(C)CCc1nnnn1C. The van der Waals surface area contributed by atoms with Crippen molar-refractivity contribution >= 4 is 12.4 Å². The summed E-state index contributed by atoms with van der Waals surface area (Å²) in [6, 6.07) is 0. The third-order valence-corrected chi connectivity index (χ3v) is 3.33. The number of aromatic nitrogens is 8. The second kappa shape index (κ2) is 8.64. The lowest BCUT2D eigenvalue weighted by Crippen LogP contribution is -2.18. The predicted molar refractivity (Wildman–Crippen MR) is 87.2 cm³/mol. The fourth-order valence-corrected chi connectivity index (χ4v) is 1.85. The number of rotatable bonds is 9. The Kier molecular flexibility index (Phi) is 6.28. The Morgan fingerprint density at radius 1 is 0.833 bits per heavy atom. The molecule has 0 aliphatic heterocycles. The smallest absolute Gasteiger partial charge is 0.152 e. The number of hydrogen-bond donors (Lipinski definition) is 0. The van der Waals surface area contributed by atoms with Gasteiger partial charge in [-0.2, -0.15) is 10.2 Å². The van der Waals surface area contributed by atoms with E-state index in [2.05, 4.69) is 41.3 Å². The highest BCUT2D eigenvalue weighted by molar-refractivity contribution is 6.15. The number of hydrogen-bond acceptors (Lipinski definition) is 10. The van der Waals surface area contributed by atoms with Crippen LogP contribution in [-0.2, 0) is 26.9 Å². The van der Waals surface area contributed by atoms with Crippen molar-refractivity contribution in [1.29, 1.82) is 0 Å². The molecule has 0 N–H and O–H groups in total. The molecule has 2 heterocycles. The van der Waals surface area contributed by atoms with E-state index < -0.39 is 0 Å². The van der Waals surface area contributed by atoms with E-state index in [0.29, 0.717) is 13.1 Å². The zero-order chi connectivity index (χ0) is 17.4. The van der Waals surface area contributed by atoms with E-state index in [1.807, 2.05) is 38.2 Å². The van der Waals surface area contributed by atoms with Gasteiger partial charge in [0.2, 0.25) is 0 Å². The van der Waals surface area contributed by atoms with Crippen molar-refractivity contribution in [2.24, 2.45) is 24.3 Å². The van der Waals surface area contributed by atoms with Crippen molar-refractivity contribution in [1.82, 2.24) is 50.4 Å². The van der Waals surface area contributed by atoms with E-state index in [-0.39, 0.29) is 0 Å². The Morgan fingerprint density at radius 2 is 1.25 bits per heavy atom. The first-order valence-corrected chi connectivity index (χ1v) is 7.47. The first kappa shape index (κ1) is 17.4. The summed E-state index contributed by atoms with van der Waals surface area (Å²) >= 11 is 0. The zero-order valence-corrected chi connectivity index (χ0v) is 14.3. The molecule has 12 nitrogen and oxygen atoms in total. The number of nitrogens with zero attached hydrogens (tertiary/aromatic N) is 12. The van der Waals surface area contributed by atoms with Crippen molar-refractivity contribution in [2.45, 2.75) is 12.8 Å². The molecule has 2 aromatic rings. The van der Waals surface area contributed by atoms with Gasteiger partial charge < -0.3 is 0 Å². The zero-order valence-electron chi connectivity index (χ0n) is 14.3. The van der Waals surface area contributed by atoms with Crippen LogP contribution in [0.4, 0.5) is 0 Å². The fourth-order valence-electron chi connectivity index (χ4n) is 1.85. The maximum Gasteiger partial charge on any atom is 0.152 e. The molecule has 2 aromatic heterocycles. The standard InChI is InChI=1S/C12H22N12/c1-21(9-5-11-15-17-19-23(11)3)13-7-8-14-22(2)10-6-12-16-18-20-24(12)4/h7-8H,5-6,9-10H2,1-4H3/b13-7-,14-8+. The molecule has 0 unspecified atom stereocenters. The summed E-state index contributed by atoms with van der Waals surface area (Å²) in [5.41, 5.74) is 0. The van der Waals surface area contributed by atoms with Gasteiger partial charge in [-0.3, -0.25) is 10.0 Å². The Hall–Kier alpha value is -2.92. The summed E-state index contributed by atoms with van der Waals surface area (Å²) in [5, 5.41) is 34.8. The van der Waals surface area contributed by atoms with Gasteiger partial charge in [0.1, 0.15) is 0 Å². The molecule has 0 radical (unpaired) electrons. The molecule has 0 saturated carbocycles. The summed E-state index contributed by atoms with van der Waals surface area (Å²) in [4.78, 5) is 0. The monoisotopic (exact) mass is 334 g/mol. The fraction of sp³-hybridized carbons (Fsp3) is 0.667. The second-order valence-electron chi connectivity index (χ2n) is 5.23. The van der Waals surface area contributed by atoms with E-state index in [1.54, 1.807) is 21.8 Å². The highest BCUT2D eigenvalue weighted by atomic mass is 15.5. The van der Waals surface area contributed by atoms with Crippen molar-refractivity contribution in [3.05, 3.63) is 11.6 Å². The largest absolute Gasteiger partial charge is 0.300 e. The minimum Gasteiger partial charge on any atom is -0.300 e. The van der Waals surface area contributed by atoms with Gasteiger partial charge in [-0.1, -0.05) is 0 Å². The van der Waals surface area contributed by atoms with Crippen LogP contribution in [0.3, 0.4) is 0 Å². The van der Waals surface area contributed by atoms with E-state index in [9.17, 15) is 0 Å². The van der Waals surface area contributed by atoms with Gasteiger partial charge >= 0.3 is 0 Å². The maximum absolute atomic E-state index is 4.27. The molecule has 0 saturated heterocycles. The maximum atomic E-state index is 4.27. The summed E-state index contributed by atoms with van der Waals surface area (Å²) in [7, 11) is 7.41. The van der Waals surface area contributed by atoms with Crippen LogP contribution >= 0.6 is 0 Å². The van der Waals surface area contributed by atoms with Crippen LogP contribution in [0.15, 0.2) is 10.2 Å². The second-order valence-corrected chi connectivity index (χ2v) is 5.23. The average Bonchev–Trinajstić information content (AvgIpc) is 3.15. The lowest BCUT2D eigenvalue weighted by atomic mass is 10.4. The molecule has 0 aromatic carbocycles. The van der Waals surface area contributed by atoms with Crippen molar-refractivity contribution < 1.29 is 0 Å². The average molecular weight is 334 g/mol. The van der Waals surface area contributed by atoms with Crippen LogP contribution in [0.2, 0.25) is 0 Å². The van der Waals surface area contributed by atoms with Crippen LogP contribution in [0.25, 0.3) is 0 Å². The predicted octanol–water partition coefficient (Wildman–Crippen LogP) is -1.65. The molecule has 130 valence electrons. The number of likely N-dealkylation sites (N-methyl/N-ethyl adjacent to an activating group) is 2. The third-order valence-electron chi connectivity index (χ3n) is 3.33. The minimum atomic E-state index is 0.716. The molecular weight excluding hydrogens is 312 g/mol. The number of tetrazole rings is 2. The molecule has 24 heavy (non-hydrogen) atoms. The van der Waals surface area contributed by atoms with Crippen LogP contribution in [-0.4, -0.2) is 90.0 Å². The van der Waals surface area contributed by atoms with Gasteiger partial charge in [0.25, 0.3) is 0 Å². The van der Waals surface area contributed by atoms with Gasteiger partial charge in [-0.25, -0.2) is 9.36 Å². The van der Waals surface area contributed by atoms with Crippen LogP contribution in [0, 0.1) is 0 Å². The van der Waals surface area contributed by atoms with Crippen LogP contribution < -0.4 is 0 Å². The van der Waals surface area contributed by atoms with Crippen molar-refractivity contribution in [3.63, 3.8) is 0 Å². The topological polar surface area (TPSA) is 118 Å². The van der Waals surface area contributed by atoms with E-state index in [4.69, 9.17) is 0 Å². The Bertz CT molecular complexity index is 613. The molecule has 0 amide bonds. The molecule has 0 fully saturated rings. The Balaban J connectivity index is 1.67. The molecule has 0 aliphatic carbocycles. The highest BCUT2D eigenvalue weighted by Gasteiger charge is 2.03. The number of hydrazone groups is 2. The third kappa shape index (κ3) is 5.37. The minimum absolute atomic E-state index is 0.716. The van der Waals surface area contributed by atoms with Crippen molar-refractivity contribution in [3.8, 4) is 0 Å². The Morgan fingerprint density at radius 3 is 1.58 bits per heavy atom. The molecule has 0 aliphatic rings. The molecular formula is C12H22N12. The van der Waals surface area contributed by atoms with Gasteiger partial charge in [0.15, 0.2) is 11.6 Å². The molecule has 0 spiro atoms. The summed E-state index contributed by atoms with van der Waals surface area (Å²) < 4.78 is 3.31. The molecule has 12 heteroatoms. The van der Waals surface area contributed by atoms with E-state index in [0.717, 1.165) is 24.5 Å². The van der Waals surface area contributed by atoms with Gasteiger partial charge in [-0.05, 0) is 20.9 Å². The summed E-state index contributed by atoms with van der Waals surface area (Å²) in [5.74, 6) is 1.65. The molecule has 2 rings (SSSR count). The highest BCUT2D eigenvalue weighted by Crippen LogP contribution is 1.94. The van der Waals surface area contributed by atoms with Crippen molar-refractivity contribution in [2.75, 3.05) is 27.2 Å². The molecule has 0 atom stereocenters. The summed E-state index contributed by atoms with van der Waals surface area (Å²) in [6.45, 7) is 1.43. The lowest BCUT2D eigenvalue weighted by molar-refractivity contribution is 0.353. The van der Waals surface area contributed by atoms with E-state index in [1.165, 1.54) is 0 Å². The normalized spacial score (nSPS) is 11.7. The first-order chi connectivity index (χ1) is 11.6. The number of aryl methyl sites for hydroxylation is 2. The summed E-state index contributed by atoms with van der Waals surface area (Å²) in [6.07, 6.45) is 4.74. The van der Waals surface area contributed by atoms with Gasteiger partial charge in [0.05, 0.1) is 12.4 Å². The van der Waals surface area contributed by atoms with Gasteiger partial charge in [-0.15, -0.1) is 10.2 Å². The molecule has 0 bridgehead atoms. The lowest BCUT2D eigenvalue weighted by Gasteiger charge is -2.12. The van der Waals surface area contributed by atoms with E-state index >= 15 is 0 Å².